The minimum absolute atomic E-state index is 0.120. The molecule has 0 radical (unpaired) electrons. The lowest BCUT2D eigenvalue weighted by Gasteiger charge is -2.17. The minimum atomic E-state index is -0.120. The molecule has 0 bridgehead atoms. The minimum Gasteiger partial charge on any atom is -0.497 e. The number of benzene rings is 1. The molecule has 2 N–H and O–H groups in total. The molecule has 0 saturated heterocycles. The number of aromatic nitrogens is 2. The van der Waals surface area contributed by atoms with Crippen molar-refractivity contribution in [1.82, 2.24) is 9.97 Å². The molecule has 20 heavy (non-hydrogen) atoms. The topological polar surface area (TPSA) is 61.0 Å². The Morgan fingerprint density at radius 1 is 1.10 bits per heavy atom. The number of nitrogens with zero attached hydrogens (tertiary/aromatic N) is 2. The van der Waals surface area contributed by atoms with Crippen LogP contribution in [0, 0.1) is 0 Å². The summed E-state index contributed by atoms with van der Waals surface area (Å²) in [5.74, 6) is 2.10. The number of rotatable bonds is 3. The Bertz CT molecular complexity index is 591. The van der Waals surface area contributed by atoms with Gasteiger partial charge in [0.25, 0.3) is 0 Å². The maximum absolute atomic E-state index is 5.87. The van der Waals surface area contributed by atoms with Gasteiger partial charge in [0, 0.05) is 16.4 Å². The summed E-state index contributed by atoms with van der Waals surface area (Å²) in [6.07, 6.45) is 0. The molecule has 1 aromatic heterocycles. The number of ether oxygens (including phenoxy) is 1. The predicted octanol–water partition coefficient (Wildman–Crippen LogP) is 3.52. The van der Waals surface area contributed by atoms with E-state index in [9.17, 15) is 0 Å². The lowest BCUT2D eigenvalue weighted by molar-refractivity contribution is 0.414. The van der Waals surface area contributed by atoms with Gasteiger partial charge in [-0.05, 0) is 24.3 Å². The summed E-state index contributed by atoms with van der Waals surface area (Å²) in [5.41, 5.74) is 5.75. The molecule has 0 atom stereocenters. The summed E-state index contributed by atoms with van der Waals surface area (Å²) in [7, 11) is 1.66. The molecule has 1 heterocycles. The average molecular weight is 289 g/mol. The van der Waals surface area contributed by atoms with Gasteiger partial charge in [-0.15, -0.1) is 0 Å². The molecule has 0 fully saturated rings. The molecule has 0 amide bonds. The fourth-order valence-corrected chi connectivity index (χ4v) is 2.42. The van der Waals surface area contributed by atoms with Gasteiger partial charge in [0.1, 0.15) is 22.4 Å². The molecule has 2 rings (SSSR count). The van der Waals surface area contributed by atoms with Crippen molar-refractivity contribution >= 4 is 17.6 Å². The normalized spacial score (nSPS) is 11.4. The van der Waals surface area contributed by atoms with Crippen LogP contribution in [0.15, 0.2) is 40.3 Å². The van der Waals surface area contributed by atoms with Crippen LogP contribution in [0.2, 0.25) is 0 Å². The second-order valence-electron chi connectivity index (χ2n) is 5.48. The van der Waals surface area contributed by atoms with E-state index in [1.54, 1.807) is 24.9 Å². The van der Waals surface area contributed by atoms with Crippen LogP contribution >= 0.6 is 11.8 Å². The molecule has 1 aromatic carbocycles. The van der Waals surface area contributed by atoms with Crippen molar-refractivity contribution in [3.63, 3.8) is 0 Å². The molecule has 0 aliphatic rings. The lowest BCUT2D eigenvalue weighted by atomic mass is 9.96. The van der Waals surface area contributed by atoms with Crippen LogP contribution in [0.1, 0.15) is 26.6 Å². The first-order chi connectivity index (χ1) is 9.38. The zero-order valence-electron chi connectivity index (χ0n) is 12.2. The van der Waals surface area contributed by atoms with Crippen LogP contribution in [0.5, 0.6) is 5.75 Å². The number of nitrogens with two attached hydrogens (primary N) is 1. The van der Waals surface area contributed by atoms with Crippen LogP contribution in [-0.2, 0) is 5.41 Å². The SMILES string of the molecule is COc1ccc(Sc2cc(N)nc(C(C)(C)C)n2)cc1. The molecule has 0 saturated carbocycles. The summed E-state index contributed by atoms with van der Waals surface area (Å²) in [5, 5.41) is 0.854. The summed E-state index contributed by atoms with van der Waals surface area (Å²) >= 11 is 1.56. The van der Waals surface area contributed by atoms with Gasteiger partial charge in [0.05, 0.1) is 7.11 Å². The fourth-order valence-electron chi connectivity index (χ4n) is 1.59. The second kappa shape index (κ2) is 5.71. The summed E-state index contributed by atoms with van der Waals surface area (Å²) < 4.78 is 5.15. The number of hydrogen-bond donors (Lipinski definition) is 1. The van der Waals surface area contributed by atoms with Crippen molar-refractivity contribution in [2.75, 3.05) is 12.8 Å². The van der Waals surface area contributed by atoms with Crippen molar-refractivity contribution in [1.29, 1.82) is 0 Å². The Balaban J connectivity index is 2.26. The van der Waals surface area contributed by atoms with Crippen molar-refractivity contribution < 1.29 is 4.74 Å². The van der Waals surface area contributed by atoms with Crippen LogP contribution in [0.4, 0.5) is 5.82 Å². The third-order valence-electron chi connectivity index (χ3n) is 2.68. The average Bonchev–Trinajstić information content (AvgIpc) is 2.38. The number of methoxy groups -OCH3 is 1. The largest absolute Gasteiger partial charge is 0.497 e. The van der Waals surface area contributed by atoms with Crippen LogP contribution in [0.25, 0.3) is 0 Å². The van der Waals surface area contributed by atoms with Gasteiger partial charge in [0.2, 0.25) is 0 Å². The molecule has 0 unspecified atom stereocenters. The van der Waals surface area contributed by atoms with Gasteiger partial charge in [-0.2, -0.15) is 0 Å². The quantitative estimate of drug-likeness (QED) is 0.876. The third-order valence-corrected chi connectivity index (χ3v) is 3.60. The van der Waals surface area contributed by atoms with E-state index in [4.69, 9.17) is 10.5 Å². The van der Waals surface area contributed by atoms with E-state index in [1.807, 2.05) is 24.3 Å². The van der Waals surface area contributed by atoms with Crippen molar-refractivity contribution in [2.24, 2.45) is 0 Å². The number of anilines is 1. The van der Waals surface area contributed by atoms with Crippen LogP contribution < -0.4 is 10.5 Å². The summed E-state index contributed by atoms with van der Waals surface area (Å²) in [6.45, 7) is 6.22. The molecule has 5 heteroatoms. The summed E-state index contributed by atoms with van der Waals surface area (Å²) in [6, 6.07) is 9.65. The monoisotopic (exact) mass is 289 g/mol. The molecule has 4 nitrogen and oxygen atoms in total. The number of hydrogen-bond acceptors (Lipinski definition) is 5. The first-order valence-electron chi connectivity index (χ1n) is 6.35. The Kier molecular flexibility index (Phi) is 4.18. The van der Waals surface area contributed by atoms with E-state index in [-0.39, 0.29) is 5.41 Å². The van der Waals surface area contributed by atoms with Crippen LogP contribution in [-0.4, -0.2) is 17.1 Å². The van der Waals surface area contributed by atoms with E-state index in [0.717, 1.165) is 21.5 Å². The molecule has 0 aliphatic heterocycles. The van der Waals surface area contributed by atoms with Gasteiger partial charge in [-0.3, -0.25) is 0 Å². The highest BCUT2D eigenvalue weighted by atomic mass is 32.2. The van der Waals surface area contributed by atoms with Crippen molar-refractivity contribution in [3.8, 4) is 5.75 Å². The van der Waals surface area contributed by atoms with E-state index >= 15 is 0 Å². The van der Waals surface area contributed by atoms with E-state index in [0.29, 0.717) is 5.82 Å². The van der Waals surface area contributed by atoms with E-state index < -0.39 is 0 Å². The van der Waals surface area contributed by atoms with Gasteiger partial charge < -0.3 is 10.5 Å². The van der Waals surface area contributed by atoms with Gasteiger partial charge in [0.15, 0.2) is 0 Å². The number of nitrogen functional groups attached to an aromatic ring is 1. The molecule has 106 valence electrons. The molecule has 2 aromatic rings. The highest BCUT2D eigenvalue weighted by Gasteiger charge is 2.18. The Morgan fingerprint density at radius 3 is 2.30 bits per heavy atom. The maximum Gasteiger partial charge on any atom is 0.137 e. The predicted molar refractivity (Wildman–Crippen MR) is 82.3 cm³/mol. The van der Waals surface area contributed by atoms with Crippen molar-refractivity contribution in [2.45, 2.75) is 36.1 Å². The highest BCUT2D eigenvalue weighted by molar-refractivity contribution is 7.99. The Morgan fingerprint density at radius 2 is 1.75 bits per heavy atom. The van der Waals surface area contributed by atoms with Gasteiger partial charge in [-0.1, -0.05) is 32.5 Å². The van der Waals surface area contributed by atoms with E-state index in [2.05, 4.69) is 30.7 Å². The van der Waals surface area contributed by atoms with Gasteiger partial charge in [-0.25, -0.2) is 9.97 Å². The Labute approximate surface area is 123 Å². The Hall–Kier alpha value is -1.75. The molecular formula is C15H19N3OS. The standard InChI is InChI=1S/C15H19N3OS/c1-15(2,3)14-17-12(16)9-13(18-14)20-11-7-5-10(19-4)6-8-11/h5-9H,1-4H3,(H2,16,17,18). The van der Waals surface area contributed by atoms with Crippen molar-refractivity contribution in [3.05, 3.63) is 36.2 Å². The van der Waals surface area contributed by atoms with Gasteiger partial charge >= 0.3 is 0 Å². The first kappa shape index (κ1) is 14.7. The highest BCUT2D eigenvalue weighted by Crippen LogP contribution is 2.30. The van der Waals surface area contributed by atoms with E-state index in [1.165, 1.54) is 0 Å². The maximum atomic E-state index is 5.87. The molecular weight excluding hydrogens is 270 g/mol. The smallest absolute Gasteiger partial charge is 0.137 e. The molecule has 0 spiro atoms. The zero-order chi connectivity index (χ0) is 14.8. The lowest BCUT2D eigenvalue weighted by Crippen LogP contribution is -2.17. The molecule has 0 aliphatic carbocycles. The third kappa shape index (κ3) is 3.63. The summed E-state index contributed by atoms with van der Waals surface area (Å²) in [4.78, 5) is 9.98. The fraction of sp³-hybridized carbons (Fsp3) is 0.333. The zero-order valence-corrected chi connectivity index (χ0v) is 13.0. The second-order valence-corrected chi connectivity index (χ2v) is 6.58. The first-order valence-corrected chi connectivity index (χ1v) is 7.17. The van der Waals surface area contributed by atoms with Crippen LogP contribution in [0.3, 0.4) is 0 Å².